The molecule has 0 aliphatic carbocycles. The van der Waals surface area contributed by atoms with Gasteiger partial charge in [-0.2, -0.15) is 0 Å². The highest BCUT2D eigenvalue weighted by Gasteiger charge is 2.19. The lowest BCUT2D eigenvalue weighted by molar-refractivity contribution is -0.118. The van der Waals surface area contributed by atoms with Crippen LogP contribution in [0.15, 0.2) is 71.4 Å². The van der Waals surface area contributed by atoms with E-state index in [1.807, 2.05) is 31.2 Å². The van der Waals surface area contributed by atoms with Gasteiger partial charge < -0.3 is 16.0 Å². The molecule has 5 rings (SSSR count). The summed E-state index contributed by atoms with van der Waals surface area (Å²) in [6.45, 7) is 10.7. The number of amidine groups is 1. The van der Waals surface area contributed by atoms with E-state index in [2.05, 4.69) is 64.4 Å². The molecular weight excluding hydrogens is 524 g/mol. The number of benzene rings is 2. The van der Waals surface area contributed by atoms with Gasteiger partial charge in [-0.3, -0.25) is 19.5 Å². The van der Waals surface area contributed by atoms with Gasteiger partial charge in [0.1, 0.15) is 5.84 Å². The Hall–Kier alpha value is -4.30. The summed E-state index contributed by atoms with van der Waals surface area (Å²) in [6.07, 6.45) is 8.39. The van der Waals surface area contributed by atoms with E-state index in [0.717, 1.165) is 86.5 Å². The number of hydrogen-bond acceptors (Lipinski definition) is 6. The van der Waals surface area contributed by atoms with E-state index in [0.29, 0.717) is 23.5 Å². The quantitative estimate of drug-likeness (QED) is 0.312. The Bertz CT molecular complexity index is 1430. The van der Waals surface area contributed by atoms with Crippen molar-refractivity contribution in [1.29, 1.82) is 0 Å². The molecular formula is C34H42N6O2. The summed E-state index contributed by atoms with van der Waals surface area (Å²) in [5.41, 5.74) is 13.7. The first-order valence-electron chi connectivity index (χ1n) is 14.8. The van der Waals surface area contributed by atoms with E-state index >= 15 is 0 Å². The molecule has 0 spiro atoms. The largest absolute Gasteiger partial charge is 0.387 e. The number of fused-ring (bicyclic) bond motifs is 2. The van der Waals surface area contributed by atoms with Gasteiger partial charge in [0, 0.05) is 62.4 Å². The molecule has 8 nitrogen and oxygen atoms in total. The van der Waals surface area contributed by atoms with E-state index in [9.17, 15) is 9.59 Å². The highest BCUT2D eigenvalue weighted by molar-refractivity contribution is 6.05. The van der Waals surface area contributed by atoms with Crippen LogP contribution >= 0.6 is 0 Å². The molecule has 2 aromatic carbocycles. The SMILES string of the molecule is CC1=Cc2ccc(C(=O)Nc3cnc4c(c3)CN(Cc3ccccc3)CC4)cc2N=C(N)C1.CCCN(C=O)CCC. The zero-order valence-corrected chi connectivity index (χ0v) is 25.0. The zero-order valence-electron chi connectivity index (χ0n) is 25.0. The molecule has 2 aliphatic rings. The fourth-order valence-corrected chi connectivity index (χ4v) is 5.22. The van der Waals surface area contributed by atoms with E-state index in [-0.39, 0.29) is 5.91 Å². The second-order valence-corrected chi connectivity index (χ2v) is 10.9. The van der Waals surface area contributed by atoms with Gasteiger partial charge in [0.05, 0.1) is 17.6 Å². The molecule has 0 fully saturated rings. The summed E-state index contributed by atoms with van der Waals surface area (Å²) in [6, 6.07) is 18.1. The van der Waals surface area contributed by atoms with Crippen LogP contribution in [0.3, 0.4) is 0 Å². The molecule has 0 saturated carbocycles. The summed E-state index contributed by atoms with van der Waals surface area (Å²) < 4.78 is 0. The average molecular weight is 567 g/mol. The minimum Gasteiger partial charge on any atom is -0.387 e. The number of nitrogens with two attached hydrogens (primary N) is 1. The predicted octanol–water partition coefficient (Wildman–Crippen LogP) is 5.95. The number of aromatic nitrogens is 1. The Morgan fingerprint density at radius 2 is 1.86 bits per heavy atom. The number of amides is 2. The maximum Gasteiger partial charge on any atom is 0.255 e. The Kier molecular flexibility index (Phi) is 11.0. The second kappa shape index (κ2) is 15.1. The summed E-state index contributed by atoms with van der Waals surface area (Å²) in [7, 11) is 0. The fourth-order valence-electron chi connectivity index (χ4n) is 5.22. The minimum absolute atomic E-state index is 0.185. The van der Waals surface area contributed by atoms with Gasteiger partial charge in [0.25, 0.3) is 5.91 Å². The van der Waals surface area contributed by atoms with Gasteiger partial charge >= 0.3 is 0 Å². The number of anilines is 1. The van der Waals surface area contributed by atoms with Crippen molar-refractivity contribution in [2.45, 2.75) is 59.5 Å². The van der Waals surface area contributed by atoms with Crippen LogP contribution in [0.2, 0.25) is 0 Å². The molecule has 220 valence electrons. The van der Waals surface area contributed by atoms with Crippen molar-refractivity contribution in [3.63, 3.8) is 0 Å². The average Bonchev–Trinajstić information content (AvgIpc) is 3.13. The second-order valence-electron chi connectivity index (χ2n) is 10.9. The Morgan fingerprint density at radius 3 is 2.57 bits per heavy atom. The molecule has 3 N–H and O–H groups in total. The first-order chi connectivity index (χ1) is 20.4. The summed E-state index contributed by atoms with van der Waals surface area (Å²) >= 11 is 0. The monoisotopic (exact) mass is 566 g/mol. The van der Waals surface area contributed by atoms with Crippen molar-refractivity contribution in [3.8, 4) is 0 Å². The number of pyridine rings is 1. The molecule has 0 saturated heterocycles. The van der Waals surface area contributed by atoms with Crippen LogP contribution in [0.1, 0.15) is 72.8 Å². The molecule has 2 aliphatic heterocycles. The molecule has 3 aromatic rings. The summed E-state index contributed by atoms with van der Waals surface area (Å²) in [5.74, 6) is 0.370. The lowest BCUT2D eigenvalue weighted by Crippen LogP contribution is -2.30. The van der Waals surface area contributed by atoms with Crippen molar-refractivity contribution in [2.75, 3.05) is 25.0 Å². The number of rotatable bonds is 9. The topological polar surface area (TPSA) is 104 Å². The highest BCUT2D eigenvalue weighted by Crippen LogP contribution is 2.28. The Balaban J connectivity index is 0.000000392. The Labute approximate surface area is 249 Å². The van der Waals surface area contributed by atoms with Crippen LogP contribution in [0, 0.1) is 0 Å². The molecule has 8 heteroatoms. The van der Waals surface area contributed by atoms with Gasteiger partial charge in [0.15, 0.2) is 0 Å². The fraction of sp³-hybridized carbons (Fsp3) is 0.353. The number of aliphatic imine (C=N–C) groups is 1. The number of nitrogens with one attached hydrogen (secondary N) is 1. The van der Waals surface area contributed by atoms with Gasteiger partial charge in [-0.25, -0.2) is 4.99 Å². The van der Waals surface area contributed by atoms with Gasteiger partial charge in [-0.15, -0.1) is 0 Å². The normalized spacial score (nSPS) is 14.2. The molecule has 0 radical (unpaired) electrons. The first-order valence-corrected chi connectivity index (χ1v) is 14.8. The van der Waals surface area contributed by atoms with E-state index < -0.39 is 0 Å². The van der Waals surface area contributed by atoms with Crippen molar-refractivity contribution < 1.29 is 9.59 Å². The standard InChI is InChI=1S/C27H27N5O.C7H15NO/c1-18-11-20-7-8-21(14-25(20)31-26(28)12-18)27(33)30-23-13-22-17-32(10-9-24(22)29-15-23)16-19-5-3-2-4-6-19;1-3-5-8(7-9)6-4-2/h2-8,11,13-15H,9-10,12,16-17H2,1H3,(H2,28,31)(H,30,33);7H,3-6H2,1-2H3. The van der Waals surface area contributed by atoms with Crippen LogP contribution < -0.4 is 11.1 Å². The molecule has 3 heterocycles. The lowest BCUT2D eigenvalue weighted by atomic mass is 10.0. The zero-order chi connectivity index (χ0) is 29.9. The van der Waals surface area contributed by atoms with E-state index in [4.69, 9.17) is 5.73 Å². The number of carbonyl (C=O) groups is 2. The molecule has 1 aromatic heterocycles. The predicted molar refractivity (Wildman–Crippen MR) is 171 cm³/mol. The number of carbonyl (C=O) groups excluding carboxylic acids is 2. The molecule has 42 heavy (non-hydrogen) atoms. The van der Waals surface area contributed by atoms with Crippen molar-refractivity contribution >= 4 is 35.6 Å². The van der Waals surface area contributed by atoms with Gasteiger partial charge in [0.2, 0.25) is 6.41 Å². The van der Waals surface area contributed by atoms with E-state index in [1.165, 1.54) is 5.56 Å². The lowest BCUT2D eigenvalue weighted by Gasteiger charge is -2.28. The van der Waals surface area contributed by atoms with Crippen LogP contribution in [0.25, 0.3) is 6.08 Å². The smallest absolute Gasteiger partial charge is 0.255 e. The molecule has 0 bridgehead atoms. The third kappa shape index (κ3) is 8.60. The van der Waals surface area contributed by atoms with Crippen LogP contribution in [-0.4, -0.2) is 52.6 Å². The first kappa shape index (κ1) is 30.7. The molecule has 2 amide bonds. The van der Waals surface area contributed by atoms with Gasteiger partial charge in [-0.05, 0) is 49.1 Å². The van der Waals surface area contributed by atoms with Crippen molar-refractivity contribution in [1.82, 2.24) is 14.8 Å². The molecule has 0 unspecified atom stereocenters. The maximum atomic E-state index is 13.0. The number of nitrogens with zero attached hydrogens (tertiary/aromatic N) is 4. The minimum atomic E-state index is -0.185. The van der Waals surface area contributed by atoms with Crippen LogP contribution in [-0.2, 0) is 24.3 Å². The molecule has 0 atom stereocenters. The van der Waals surface area contributed by atoms with Gasteiger partial charge in [-0.1, -0.05) is 61.9 Å². The number of hydrogen-bond donors (Lipinski definition) is 2. The highest BCUT2D eigenvalue weighted by atomic mass is 16.1. The maximum absolute atomic E-state index is 13.0. The third-order valence-corrected chi connectivity index (χ3v) is 7.21. The van der Waals surface area contributed by atoms with Crippen molar-refractivity contribution in [3.05, 3.63) is 94.3 Å². The summed E-state index contributed by atoms with van der Waals surface area (Å²) in [5, 5.41) is 3.00. The van der Waals surface area contributed by atoms with Crippen LogP contribution in [0.5, 0.6) is 0 Å². The Morgan fingerprint density at radius 1 is 1.10 bits per heavy atom. The third-order valence-electron chi connectivity index (χ3n) is 7.21. The van der Waals surface area contributed by atoms with Crippen LogP contribution in [0.4, 0.5) is 11.4 Å². The van der Waals surface area contributed by atoms with E-state index in [1.54, 1.807) is 17.2 Å². The van der Waals surface area contributed by atoms with Crippen molar-refractivity contribution in [2.24, 2.45) is 10.7 Å². The summed E-state index contributed by atoms with van der Waals surface area (Å²) in [4.78, 5) is 36.5.